The molecule has 5 nitrogen and oxygen atoms in total. The number of nitrogen functional groups attached to an aromatic ring is 1. The van der Waals surface area contributed by atoms with E-state index in [0.717, 1.165) is 0 Å². The van der Waals surface area contributed by atoms with Crippen LogP contribution < -0.4 is 11.5 Å². The Kier molecular flexibility index (Phi) is 2.03. The van der Waals surface area contributed by atoms with Crippen molar-refractivity contribution in [1.29, 1.82) is 0 Å². The van der Waals surface area contributed by atoms with Crippen LogP contribution in [0.15, 0.2) is 6.33 Å². The minimum absolute atomic E-state index is 0.134. The smallest absolute Gasteiger partial charge is 0.271 e. The second-order valence-corrected chi connectivity index (χ2v) is 3.88. The number of hydrogen-bond acceptors (Lipinski definition) is 3. The van der Waals surface area contributed by atoms with Crippen LogP contribution in [0.4, 0.5) is 5.82 Å². The highest BCUT2D eigenvalue weighted by atomic mass is 16.1. The first kappa shape index (κ1) is 9.57. The van der Waals surface area contributed by atoms with Gasteiger partial charge in [-0.05, 0) is 20.8 Å². The van der Waals surface area contributed by atoms with Crippen molar-refractivity contribution in [3.63, 3.8) is 0 Å². The van der Waals surface area contributed by atoms with Crippen LogP contribution in [0.5, 0.6) is 0 Å². The van der Waals surface area contributed by atoms with E-state index < -0.39 is 5.91 Å². The summed E-state index contributed by atoms with van der Waals surface area (Å²) in [5.74, 6) is -0.277. The second-order valence-electron chi connectivity index (χ2n) is 3.88. The quantitative estimate of drug-likeness (QED) is 0.655. The zero-order valence-electron chi connectivity index (χ0n) is 8.03. The largest absolute Gasteiger partial charge is 0.383 e. The molecule has 0 aromatic carbocycles. The fraction of sp³-hybridized carbons (Fsp3) is 0.500. The molecule has 0 aliphatic heterocycles. The van der Waals surface area contributed by atoms with Gasteiger partial charge in [0.2, 0.25) is 0 Å². The predicted octanol–water partition coefficient (Wildman–Crippen LogP) is 0.319. The summed E-state index contributed by atoms with van der Waals surface area (Å²) in [4.78, 5) is 14.7. The van der Waals surface area contributed by atoms with E-state index in [2.05, 4.69) is 4.98 Å². The number of rotatable bonds is 1. The number of nitrogens with two attached hydrogens (primary N) is 2. The number of anilines is 1. The highest BCUT2D eigenvalue weighted by Gasteiger charge is 2.20. The summed E-state index contributed by atoms with van der Waals surface area (Å²) in [6.45, 7) is 5.90. The van der Waals surface area contributed by atoms with E-state index in [9.17, 15) is 4.79 Å². The standard InChI is InChI=1S/C8H14N4O/c1-8(2,3)12-4-11-5(6(12)9)7(10)13/h4H,9H2,1-3H3,(H2,10,13). The van der Waals surface area contributed by atoms with E-state index in [1.807, 2.05) is 20.8 Å². The predicted molar refractivity (Wildman–Crippen MR) is 50.2 cm³/mol. The number of hydrogen-bond donors (Lipinski definition) is 2. The van der Waals surface area contributed by atoms with E-state index in [4.69, 9.17) is 11.5 Å². The van der Waals surface area contributed by atoms with Gasteiger partial charge in [0, 0.05) is 5.54 Å². The lowest BCUT2D eigenvalue weighted by molar-refractivity contribution is 0.0997. The first-order valence-corrected chi connectivity index (χ1v) is 3.97. The fourth-order valence-corrected chi connectivity index (χ4v) is 1.08. The molecular formula is C8H14N4O. The number of nitrogens with zero attached hydrogens (tertiary/aromatic N) is 2. The molecule has 13 heavy (non-hydrogen) atoms. The molecule has 0 bridgehead atoms. The summed E-state index contributed by atoms with van der Waals surface area (Å²) < 4.78 is 1.72. The molecule has 1 aromatic rings. The van der Waals surface area contributed by atoms with Crippen LogP contribution in [0, 0.1) is 0 Å². The topological polar surface area (TPSA) is 86.9 Å². The van der Waals surface area contributed by atoms with E-state index in [0.29, 0.717) is 5.82 Å². The minimum atomic E-state index is -0.597. The molecule has 0 unspecified atom stereocenters. The van der Waals surface area contributed by atoms with Gasteiger partial charge < -0.3 is 16.0 Å². The van der Waals surface area contributed by atoms with E-state index >= 15 is 0 Å². The van der Waals surface area contributed by atoms with Gasteiger partial charge in [0.25, 0.3) is 5.91 Å². The summed E-state index contributed by atoms with van der Waals surface area (Å²) >= 11 is 0. The maximum absolute atomic E-state index is 10.8. The van der Waals surface area contributed by atoms with Gasteiger partial charge in [-0.25, -0.2) is 4.98 Å². The third-order valence-corrected chi connectivity index (χ3v) is 1.76. The Morgan fingerprint density at radius 2 is 2.08 bits per heavy atom. The van der Waals surface area contributed by atoms with Crippen molar-refractivity contribution in [2.24, 2.45) is 5.73 Å². The third kappa shape index (κ3) is 1.63. The molecule has 0 fully saturated rings. The first-order chi connectivity index (χ1) is 5.84. The van der Waals surface area contributed by atoms with Crippen molar-refractivity contribution in [1.82, 2.24) is 9.55 Å². The SMILES string of the molecule is CC(C)(C)n1cnc(C(N)=O)c1N. The molecule has 0 aliphatic carbocycles. The highest BCUT2D eigenvalue weighted by molar-refractivity contribution is 5.95. The Bertz CT molecular complexity index is 334. The number of carbonyl (C=O) groups excluding carboxylic acids is 1. The van der Waals surface area contributed by atoms with Crippen LogP contribution in [0.3, 0.4) is 0 Å². The van der Waals surface area contributed by atoms with Crippen LogP contribution in [0.25, 0.3) is 0 Å². The highest BCUT2D eigenvalue weighted by Crippen LogP contribution is 2.20. The van der Waals surface area contributed by atoms with Gasteiger partial charge in [0.05, 0.1) is 6.33 Å². The first-order valence-electron chi connectivity index (χ1n) is 3.97. The molecule has 72 valence electrons. The lowest BCUT2D eigenvalue weighted by Crippen LogP contribution is -2.23. The number of amides is 1. The van der Waals surface area contributed by atoms with Gasteiger partial charge in [-0.1, -0.05) is 0 Å². The van der Waals surface area contributed by atoms with E-state index in [1.54, 1.807) is 4.57 Å². The van der Waals surface area contributed by atoms with Crippen LogP contribution in [0.1, 0.15) is 31.3 Å². The second kappa shape index (κ2) is 2.76. The zero-order valence-corrected chi connectivity index (χ0v) is 8.03. The van der Waals surface area contributed by atoms with Crippen molar-refractivity contribution in [2.75, 3.05) is 5.73 Å². The van der Waals surface area contributed by atoms with Crippen LogP contribution in [0.2, 0.25) is 0 Å². The fourth-order valence-electron chi connectivity index (χ4n) is 1.08. The number of imidazole rings is 1. The zero-order chi connectivity index (χ0) is 10.2. The van der Waals surface area contributed by atoms with Gasteiger partial charge in [0.15, 0.2) is 5.69 Å². The molecule has 0 radical (unpaired) electrons. The van der Waals surface area contributed by atoms with Gasteiger partial charge in [-0.2, -0.15) is 0 Å². The lowest BCUT2D eigenvalue weighted by atomic mass is 10.1. The maximum atomic E-state index is 10.8. The Labute approximate surface area is 76.7 Å². The van der Waals surface area contributed by atoms with Crippen molar-refractivity contribution in [3.05, 3.63) is 12.0 Å². The minimum Gasteiger partial charge on any atom is -0.383 e. The molecule has 0 atom stereocenters. The molecule has 0 saturated heterocycles. The number of carbonyl (C=O) groups is 1. The van der Waals surface area contributed by atoms with E-state index in [-0.39, 0.29) is 11.2 Å². The van der Waals surface area contributed by atoms with Crippen LogP contribution >= 0.6 is 0 Å². The van der Waals surface area contributed by atoms with Crippen molar-refractivity contribution >= 4 is 11.7 Å². The number of primary amides is 1. The summed E-state index contributed by atoms with van der Waals surface area (Å²) in [6, 6.07) is 0. The molecule has 5 heteroatoms. The normalized spacial score (nSPS) is 11.6. The summed E-state index contributed by atoms with van der Waals surface area (Å²) in [5.41, 5.74) is 10.7. The molecule has 0 aliphatic rings. The molecule has 1 heterocycles. The Morgan fingerprint density at radius 3 is 2.31 bits per heavy atom. The Balaban J connectivity index is 3.22. The van der Waals surface area contributed by atoms with Crippen molar-refractivity contribution < 1.29 is 4.79 Å². The molecule has 1 amide bonds. The van der Waals surface area contributed by atoms with Crippen LogP contribution in [-0.4, -0.2) is 15.5 Å². The summed E-state index contributed by atoms with van der Waals surface area (Å²) in [6.07, 6.45) is 1.52. The third-order valence-electron chi connectivity index (χ3n) is 1.76. The molecule has 1 aromatic heterocycles. The van der Waals surface area contributed by atoms with Gasteiger partial charge >= 0.3 is 0 Å². The molecule has 0 spiro atoms. The summed E-state index contributed by atoms with van der Waals surface area (Å²) in [5, 5.41) is 0. The monoisotopic (exact) mass is 182 g/mol. The summed E-state index contributed by atoms with van der Waals surface area (Å²) in [7, 11) is 0. The number of aromatic nitrogens is 2. The molecular weight excluding hydrogens is 168 g/mol. The average Bonchev–Trinajstić information content (AvgIpc) is 2.28. The van der Waals surface area contributed by atoms with E-state index in [1.165, 1.54) is 6.33 Å². The van der Waals surface area contributed by atoms with Crippen molar-refractivity contribution in [2.45, 2.75) is 26.3 Å². The van der Waals surface area contributed by atoms with Crippen molar-refractivity contribution in [3.8, 4) is 0 Å². The Hall–Kier alpha value is -1.52. The van der Waals surface area contributed by atoms with Gasteiger partial charge in [0.1, 0.15) is 5.82 Å². The van der Waals surface area contributed by atoms with Crippen LogP contribution in [-0.2, 0) is 5.54 Å². The maximum Gasteiger partial charge on any atom is 0.271 e. The average molecular weight is 182 g/mol. The molecule has 0 saturated carbocycles. The Morgan fingerprint density at radius 1 is 1.54 bits per heavy atom. The lowest BCUT2D eigenvalue weighted by Gasteiger charge is -2.21. The molecule has 4 N–H and O–H groups in total. The van der Waals surface area contributed by atoms with Gasteiger partial charge in [-0.15, -0.1) is 0 Å². The van der Waals surface area contributed by atoms with Gasteiger partial charge in [-0.3, -0.25) is 4.79 Å². The molecule has 1 rings (SSSR count).